The van der Waals surface area contributed by atoms with E-state index in [0.717, 1.165) is 0 Å². The normalized spacial score (nSPS) is 17.3. The van der Waals surface area contributed by atoms with Crippen molar-refractivity contribution in [2.24, 2.45) is 11.1 Å². The third-order valence-electron chi connectivity index (χ3n) is 7.93. The number of rotatable bonds is 11. The maximum atomic E-state index is 12.7. The molecular formula is C30H39ClF2N6O5. The summed E-state index contributed by atoms with van der Waals surface area (Å²) in [5.74, 6) is 1.13. The lowest BCUT2D eigenvalue weighted by Crippen LogP contribution is -2.61. The molecule has 1 atom stereocenters. The highest BCUT2D eigenvalue weighted by Crippen LogP contribution is 2.44. The van der Waals surface area contributed by atoms with Crippen molar-refractivity contribution in [3.05, 3.63) is 40.2 Å². The Morgan fingerprint density at radius 1 is 1.18 bits per heavy atom. The van der Waals surface area contributed by atoms with Crippen molar-refractivity contribution >= 4 is 34.9 Å². The second kappa shape index (κ2) is 14.0. The Morgan fingerprint density at radius 2 is 1.86 bits per heavy atom. The Morgan fingerprint density at radius 3 is 2.45 bits per heavy atom. The number of nitrogens with one attached hydrogen (secondary N) is 1. The molecule has 0 saturated carbocycles. The SMILES string of the molecule is CNC[C@@H](O)COc1ccc(Cl)c(-c2nc(C(C(C)=O)=C(C)N)c(C)c(N3CC4(CCN(C(=O)OCC(F)F)CC4)C3)n2)c1. The van der Waals surface area contributed by atoms with Crippen LogP contribution in [-0.4, -0.2) is 97.4 Å². The fraction of sp³-hybridized carbons (Fsp3) is 0.533. The molecule has 0 bridgehead atoms. The number of hydrogen-bond acceptors (Lipinski definition) is 10. The van der Waals surface area contributed by atoms with Crippen LogP contribution in [0.3, 0.4) is 0 Å². The smallest absolute Gasteiger partial charge is 0.409 e. The van der Waals surface area contributed by atoms with Crippen LogP contribution in [0.4, 0.5) is 19.4 Å². The minimum atomic E-state index is -2.70. The van der Waals surface area contributed by atoms with E-state index >= 15 is 0 Å². The molecule has 0 radical (unpaired) electrons. The highest BCUT2D eigenvalue weighted by molar-refractivity contribution is 6.33. The number of likely N-dealkylation sites (tertiary alicyclic amines) is 1. The molecule has 0 aliphatic carbocycles. The van der Waals surface area contributed by atoms with Gasteiger partial charge >= 0.3 is 6.09 Å². The van der Waals surface area contributed by atoms with Crippen LogP contribution >= 0.6 is 11.6 Å². The molecule has 2 saturated heterocycles. The summed E-state index contributed by atoms with van der Waals surface area (Å²) in [6, 6.07) is 5.04. The summed E-state index contributed by atoms with van der Waals surface area (Å²) in [6.07, 6.45) is -2.77. The number of likely N-dealkylation sites (N-methyl/N-ethyl adjacent to an activating group) is 1. The van der Waals surface area contributed by atoms with Gasteiger partial charge in [0, 0.05) is 55.0 Å². The first kappa shape index (κ1) is 33.3. The predicted octanol–water partition coefficient (Wildman–Crippen LogP) is 3.65. The van der Waals surface area contributed by atoms with Gasteiger partial charge in [-0.05, 0) is 58.9 Å². The molecule has 11 nitrogen and oxygen atoms in total. The zero-order chi connectivity index (χ0) is 32.2. The van der Waals surface area contributed by atoms with Gasteiger partial charge in [-0.25, -0.2) is 23.5 Å². The molecule has 4 rings (SSSR count). The van der Waals surface area contributed by atoms with Crippen LogP contribution in [-0.2, 0) is 9.53 Å². The topological polar surface area (TPSA) is 143 Å². The molecule has 14 heteroatoms. The Kier molecular flexibility index (Phi) is 10.6. The maximum absolute atomic E-state index is 12.7. The van der Waals surface area contributed by atoms with Crippen molar-refractivity contribution in [1.82, 2.24) is 20.2 Å². The quantitative estimate of drug-likeness (QED) is 0.313. The van der Waals surface area contributed by atoms with E-state index in [4.69, 9.17) is 32.0 Å². The molecule has 4 N–H and O–H groups in total. The highest BCUT2D eigenvalue weighted by Gasteiger charge is 2.47. The first-order chi connectivity index (χ1) is 20.8. The standard InChI is InChI=1S/C30H39ClF2N6O5/c1-17-26(25(18(2)34)19(3)40)36-27(22-11-21(5-6-23(22)31)43-13-20(41)12-35-4)37-28(17)39-15-30(16-39)7-9-38(10-8-30)29(42)44-14-24(32)33/h5-6,11,20,24,35,41H,7-10,12-16,34H2,1-4H3/t20-/m1/s1. The monoisotopic (exact) mass is 636 g/mol. The number of aliphatic hydroxyl groups is 1. The lowest BCUT2D eigenvalue weighted by atomic mass is 9.72. The Labute approximate surface area is 260 Å². The van der Waals surface area contributed by atoms with Crippen LogP contribution < -0.4 is 20.7 Å². The molecule has 1 spiro atoms. The van der Waals surface area contributed by atoms with E-state index in [2.05, 4.69) is 15.0 Å². The second-order valence-corrected chi connectivity index (χ2v) is 11.8. The van der Waals surface area contributed by atoms with Gasteiger partial charge in [-0.15, -0.1) is 0 Å². The number of alkyl halides is 2. The van der Waals surface area contributed by atoms with E-state index in [1.54, 1.807) is 32.2 Å². The van der Waals surface area contributed by atoms with Crippen LogP contribution in [0.2, 0.25) is 5.02 Å². The number of allylic oxidation sites excluding steroid dienone is 2. The third kappa shape index (κ3) is 7.56. The number of carbonyl (C=O) groups excluding carboxylic acids is 2. The average molecular weight is 637 g/mol. The number of ether oxygens (including phenoxy) is 2. The summed E-state index contributed by atoms with van der Waals surface area (Å²) in [5.41, 5.74) is 8.26. The number of Topliss-reactive ketones (excluding diaryl/α,β-unsaturated/α-hetero) is 1. The molecule has 3 heterocycles. The lowest BCUT2D eigenvalue weighted by molar-refractivity contribution is -0.111. The van der Waals surface area contributed by atoms with Crippen molar-refractivity contribution in [1.29, 1.82) is 0 Å². The molecule has 2 aliphatic rings. The van der Waals surface area contributed by atoms with Gasteiger partial charge in [-0.1, -0.05) is 11.6 Å². The van der Waals surface area contributed by atoms with Crippen molar-refractivity contribution in [3.63, 3.8) is 0 Å². The number of hydrogen-bond donors (Lipinski definition) is 3. The Bertz CT molecular complexity index is 1400. The molecule has 1 aromatic carbocycles. The molecule has 1 amide bonds. The second-order valence-electron chi connectivity index (χ2n) is 11.4. The first-order valence-corrected chi connectivity index (χ1v) is 14.8. The first-order valence-electron chi connectivity index (χ1n) is 14.4. The van der Waals surface area contributed by atoms with Crippen LogP contribution in [0.5, 0.6) is 5.75 Å². The molecule has 0 unspecified atom stereocenters. The predicted molar refractivity (Wildman–Crippen MR) is 163 cm³/mol. The number of nitrogens with zero attached hydrogens (tertiary/aromatic N) is 4. The summed E-state index contributed by atoms with van der Waals surface area (Å²) in [5, 5.41) is 13.3. The van der Waals surface area contributed by atoms with Crippen molar-refractivity contribution < 1.29 is 33.0 Å². The number of aliphatic hydroxyl groups excluding tert-OH is 1. The van der Waals surface area contributed by atoms with Gasteiger partial charge in [-0.2, -0.15) is 0 Å². The number of carbonyl (C=O) groups is 2. The number of nitrogens with two attached hydrogens (primary N) is 1. The van der Waals surface area contributed by atoms with Gasteiger partial charge in [0.25, 0.3) is 6.43 Å². The van der Waals surface area contributed by atoms with Gasteiger partial charge < -0.3 is 35.4 Å². The molecule has 2 fully saturated rings. The van der Waals surface area contributed by atoms with Gasteiger partial charge in [0.2, 0.25) is 0 Å². The highest BCUT2D eigenvalue weighted by atomic mass is 35.5. The van der Waals surface area contributed by atoms with E-state index < -0.39 is 25.2 Å². The summed E-state index contributed by atoms with van der Waals surface area (Å²) in [4.78, 5) is 38.1. The summed E-state index contributed by atoms with van der Waals surface area (Å²) >= 11 is 6.62. The largest absolute Gasteiger partial charge is 0.491 e. The zero-order valence-corrected chi connectivity index (χ0v) is 26.1. The van der Waals surface area contributed by atoms with Crippen LogP contribution in [0.15, 0.2) is 23.9 Å². The van der Waals surface area contributed by atoms with Crippen LogP contribution in [0, 0.1) is 12.3 Å². The van der Waals surface area contributed by atoms with Gasteiger partial charge in [-0.3, -0.25) is 4.79 Å². The maximum Gasteiger partial charge on any atom is 0.409 e. The zero-order valence-electron chi connectivity index (χ0n) is 25.3. The third-order valence-corrected chi connectivity index (χ3v) is 8.26. The number of piperidine rings is 1. The Balaban J connectivity index is 1.62. The number of amides is 1. The van der Waals surface area contributed by atoms with Gasteiger partial charge in [0.15, 0.2) is 18.2 Å². The van der Waals surface area contributed by atoms with Crippen LogP contribution in [0.25, 0.3) is 17.0 Å². The minimum absolute atomic E-state index is 0.0635. The van der Waals surface area contributed by atoms with Crippen molar-refractivity contribution in [2.75, 3.05) is 57.9 Å². The molecule has 1 aromatic heterocycles. The number of anilines is 1. The molecule has 2 aromatic rings. The summed E-state index contributed by atoms with van der Waals surface area (Å²) in [6.45, 7) is 6.54. The fourth-order valence-corrected chi connectivity index (χ4v) is 5.88. The van der Waals surface area contributed by atoms with E-state index in [-0.39, 0.29) is 29.2 Å². The van der Waals surface area contributed by atoms with E-state index in [0.29, 0.717) is 84.7 Å². The van der Waals surface area contributed by atoms with Crippen molar-refractivity contribution in [3.8, 4) is 17.1 Å². The van der Waals surface area contributed by atoms with Gasteiger partial charge in [0.1, 0.15) is 24.3 Å². The minimum Gasteiger partial charge on any atom is -0.491 e. The average Bonchev–Trinajstić information content (AvgIpc) is 2.95. The van der Waals surface area contributed by atoms with E-state index in [9.17, 15) is 23.5 Å². The van der Waals surface area contributed by atoms with Gasteiger partial charge in [0.05, 0.1) is 16.3 Å². The van der Waals surface area contributed by atoms with E-state index in [1.807, 2.05) is 6.92 Å². The number of aromatic nitrogens is 2. The Hall–Kier alpha value is -3.55. The lowest BCUT2D eigenvalue weighted by Gasteiger charge is -2.54. The number of halogens is 3. The van der Waals surface area contributed by atoms with Crippen molar-refractivity contribution in [2.45, 2.75) is 46.1 Å². The number of benzene rings is 1. The molecule has 2 aliphatic heterocycles. The molecule has 240 valence electrons. The fourth-order valence-electron chi connectivity index (χ4n) is 5.68. The summed E-state index contributed by atoms with van der Waals surface area (Å²) in [7, 11) is 1.74. The van der Waals surface area contributed by atoms with Crippen LogP contribution in [0.1, 0.15) is 37.9 Å². The number of ketones is 1. The summed E-state index contributed by atoms with van der Waals surface area (Å²) < 4.78 is 35.4. The molecule has 44 heavy (non-hydrogen) atoms. The van der Waals surface area contributed by atoms with E-state index in [1.165, 1.54) is 11.8 Å². The molecular weight excluding hydrogens is 598 g/mol.